The second kappa shape index (κ2) is 7.32. The fourth-order valence-electron chi connectivity index (χ4n) is 3.59. The minimum atomic E-state index is 0.207. The Kier molecular flexibility index (Phi) is 4.88. The molecule has 1 aromatic heterocycles. The standard InChI is InChI=1S/C23H23ClN2O/c1-3-21(27)26(20-10-11-20)14-18-12-16-7-4-6-15(2)22(16)25-23(18)17-8-5-9-19(24)13-17/h4-9,12-13,20H,3,10-11,14H2,1-2H3. The summed E-state index contributed by atoms with van der Waals surface area (Å²) in [6.45, 7) is 4.60. The molecule has 4 rings (SSSR count). The van der Waals surface area contributed by atoms with Crippen LogP contribution in [0.2, 0.25) is 5.02 Å². The summed E-state index contributed by atoms with van der Waals surface area (Å²) in [5, 5.41) is 1.80. The number of rotatable bonds is 5. The Morgan fingerprint density at radius 1 is 1.19 bits per heavy atom. The first kappa shape index (κ1) is 18.0. The van der Waals surface area contributed by atoms with E-state index in [2.05, 4.69) is 31.2 Å². The van der Waals surface area contributed by atoms with E-state index in [0.717, 1.165) is 46.1 Å². The minimum Gasteiger partial charge on any atom is -0.335 e. The van der Waals surface area contributed by atoms with Crippen LogP contribution in [0.4, 0.5) is 0 Å². The summed E-state index contributed by atoms with van der Waals surface area (Å²) in [7, 11) is 0. The Hall–Kier alpha value is -2.39. The van der Waals surface area contributed by atoms with Gasteiger partial charge in [-0.2, -0.15) is 0 Å². The second-order valence-corrected chi connectivity index (χ2v) is 7.70. The molecule has 1 aliphatic carbocycles. The average Bonchev–Trinajstić information content (AvgIpc) is 3.50. The number of amides is 1. The first-order valence-corrected chi connectivity index (χ1v) is 9.89. The first-order chi connectivity index (χ1) is 13.1. The summed E-state index contributed by atoms with van der Waals surface area (Å²) in [5.41, 5.74) is 5.11. The van der Waals surface area contributed by atoms with E-state index in [4.69, 9.17) is 16.6 Å². The highest BCUT2D eigenvalue weighted by molar-refractivity contribution is 6.30. The highest BCUT2D eigenvalue weighted by Crippen LogP contribution is 2.33. The van der Waals surface area contributed by atoms with E-state index in [1.807, 2.05) is 36.1 Å². The first-order valence-electron chi connectivity index (χ1n) is 9.51. The lowest BCUT2D eigenvalue weighted by molar-refractivity contribution is -0.132. The topological polar surface area (TPSA) is 33.2 Å². The van der Waals surface area contributed by atoms with E-state index in [9.17, 15) is 4.79 Å². The molecule has 27 heavy (non-hydrogen) atoms. The van der Waals surface area contributed by atoms with Crippen molar-refractivity contribution in [1.29, 1.82) is 0 Å². The van der Waals surface area contributed by atoms with E-state index in [-0.39, 0.29) is 5.91 Å². The third-order valence-electron chi connectivity index (χ3n) is 5.18. The van der Waals surface area contributed by atoms with Crippen molar-refractivity contribution in [2.45, 2.75) is 45.7 Å². The molecule has 0 saturated heterocycles. The third kappa shape index (κ3) is 3.70. The zero-order valence-electron chi connectivity index (χ0n) is 15.7. The molecular formula is C23H23ClN2O. The Labute approximate surface area is 165 Å². The molecule has 0 aliphatic heterocycles. The molecule has 1 heterocycles. The van der Waals surface area contributed by atoms with Crippen molar-refractivity contribution in [3.63, 3.8) is 0 Å². The Balaban J connectivity index is 1.86. The summed E-state index contributed by atoms with van der Waals surface area (Å²) in [6.07, 6.45) is 2.72. The maximum atomic E-state index is 12.5. The predicted molar refractivity (Wildman–Crippen MR) is 111 cm³/mol. The number of hydrogen-bond acceptors (Lipinski definition) is 2. The fraction of sp³-hybridized carbons (Fsp3) is 0.304. The SMILES string of the molecule is CCC(=O)N(Cc1cc2cccc(C)c2nc1-c1cccc(Cl)c1)C1CC1. The van der Waals surface area contributed by atoms with E-state index in [1.54, 1.807) is 0 Å². The molecule has 0 radical (unpaired) electrons. The lowest BCUT2D eigenvalue weighted by Gasteiger charge is -2.24. The molecular weight excluding hydrogens is 356 g/mol. The van der Waals surface area contributed by atoms with Gasteiger partial charge in [-0.05, 0) is 49.1 Å². The van der Waals surface area contributed by atoms with Crippen LogP contribution in [0.5, 0.6) is 0 Å². The number of hydrogen-bond donors (Lipinski definition) is 0. The smallest absolute Gasteiger partial charge is 0.222 e. The highest BCUT2D eigenvalue weighted by atomic mass is 35.5. The van der Waals surface area contributed by atoms with Crippen LogP contribution in [-0.4, -0.2) is 21.8 Å². The van der Waals surface area contributed by atoms with Crippen LogP contribution in [0.15, 0.2) is 48.5 Å². The number of aryl methyl sites for hydroxylation is 1. The number of fused-ring (bicyclic) bond motifs is 1. The van der Waals surface area contributed by atoms with Crippen molar-refractivity contribution >= 4 is 28.4 Å². The molecule has 1 amide bonds. The maximum absolute atomic E-state index is 12.5. The largest absolute Gasteiger partial charge is 0.335 e. The zero-order chi connectivity index (χ0) is 19.0. The van der Waals surface area contributed by atoms with Crippen molar-refractivity contribution < 1.29 is 4.79 Å². The van der Waals surface area contributed by atoms with Crippen LogP contribution >= 0.6 is 11.6 Å². The van der Waals surface area contributed by atoms with Gasteiger partial charge < -0.3 is 4.90 Å². The summed E-state index contributed by atoms with van der Waals surface area (Å²) in [4.78, 5) is 19.5. The minimum absolute atomic E-state index is 0.207. The van der Waals surface area contributed by atoms with Crippen LogP contribution in [0, 0.1) is 6.92 Å². The number of pyridine rings is 1. The number of carbonyl (C=O) groups is 1. The number of benzene rings is 2. The quantitative estimate of drug-likeness (QED) is 0.565. The van der Waals surface area contributed by atoms with E-state index in [1.165, 1.54) is 0 Å². The van der Waals surface area contributed by atoms with E-state index >= 15 is 0 Å². The highest BCUT2D eigenvalue weighted by Gasteiger charge is 2.32. The van der Waals surface area contributed by atoms with Crippen LogP contribution in [-0.2, 0) is 11.3 Å². The van der Waals surface area contributed by atoms with Crippen molar-refractivity contribution in [3.8, 4) is 11.3 Å². The van der Waals surface area contributed by atoms with Gasteiger partial charge in [-0.1, -0.05) is 48.9 Å². The van der Waals surface area contributed by atoms with Gasteiger partial charge in [-0.3, -0.25) is 4.79 Å². The van der Waals surface area contributed by atoms with Crippen molar-refractivity contribution in [1.82, 2.24) is 9.88 Å². The molecule has 0 spiro atoms. The number of halogens is 1. The summed E-state index contributed by atoms with van der Waals surface area (Å²) in [6, 6.07) is 16.6. The molecule has 1 saturated carbocycles. The number of carbonyl (C=O) groups excluding carboxylic acids is 1. The molecule has 2 aromatic carbocycles. The number of para-hydroxylation sites is 1. The van der Waals surface area contributed by atoms with E-state index < -0.39 is 0 Å². The Morgan fingerprint density at radius 2 is 1.96 bits per heavy atom. The molecule has 3 nitrogen and oxygen atoms in total. The van der Waals surface area contributed by atoms with Gasteiger partial charge in [-0.15, -0.1) is 0 Å². The van der Waals surface area contributed by atoms with Gasteiger partial charge in [0.05, 0.1) is 11.2 Å². The van der Waals surface area contributed by atoms with Crippen molar-refractivity contribution in [3.05, 3.63) is 64.7 Å². The fourth-order valence-corrected chi connectivity index (χ4v) is 3.78. The average molecular weight is 379 g/mol. The normalized spacial score (nSPS) is 13.7. The zero-order valence-corrected chi connectivity index (χ0v) is 16.5. The summed E-state index contributed by atoms with van der Waals surface area (Å²) < 4.78 is 0. The van der Waals surface area contributed by atoms with Gasteiger partial charge in [0.25, 0.3) is 0 Å². The van der Waals surface area contributed by atoms with Gasteiger partial charge >= 0.3 is 0 Å². The van der Waals surface area contributed by atoms with Gasteiger partial charge in [0.15, 0.2) is 0 Å². The van der Waals surface area contributed by atoms with Gasteiger partial charge in [0.2, 0.25) is 5.91 Å². The molecule has 4 heteroatoms. The summed E-state index contributed by atoms with van der Waals surface area (Å²) in [5.74, 6) is 0.207. The lowest BCUT2D eigenvalue weighted by atomic mass is 10.0. The molecule has 0 N–H and O–H groups in total. The number of nitrogens with zero attached hydrogens (tertiary/aromatic N) is 2. The predicted octanol–water partition coefficient (Wildman–Crippen LogP) is 5.76. The monoisotopic (exact) mass is 378 g/mol. The van der Waals surface area contributed by atoms with Crippen LogP contribution in [0.1, 0.15) is 37.3 Å². The van der Waals surface area contributed by atoms with Crippen LogP contribution < -0.4 is 0 Å². The molecule has 3 aromatic rings. The number of aromatic nitrogens is 1. The van der Waals surface area contributed by atoms with Gasteiger partial charge in [0.1, 0.15) is 0 Å². The lowest BCUT2D eigenvalue weighted by Crippen LogP contribution is -2.32. The van der Waals surface area contributed by atoms with E-state index in [0.29, 0.717) is 24.0 Å². The molecule has 0 atom stereocenters. The van der Waals surface area contributed by atoms with Crippen molar-refractivity contribution in [2.75, 3.05) is 0 Å². The molecule has 1 aliphatic rings. The van der Waals surface area contributed by atoms with Gasteiger partial charge in [0, 0.05) is 35.0 Å². The molecule has 0 bridgehead atoms. The van der Waals surface area contributed by atoms with Crippen LogP contribution in [0.3, 0.4) is 0 Å². The van der Waals surface area contributed by atoms with Crippen LogP contribution in [0.25, 0.3) is 22.2 Å². The maximum Gasteiger partial charge on any atom is 0.222 e. The summed E-state index contributed by atoms with van der Waals surface area (Å²) >= 11 is 6.24. The molecule has 0 unspecified atom stereocenters. The Morgan fingerprint density at radius 3 is 2.67 bits per heavy atom. The second-order valence-electron chi connectivity index (χ2n) is 7.26. The molecule has 1 fully saturated rings. The van der Waals surface area contributed by atoms with Gasteiger partial charge in [-0.25, -0.2) is 4.98 Å². The molecule has 138 valence electrons. The van der Waals surface area contributed by atoms with Crippen molar-refractivity contribution in [2.24, 2.45) is 0 Å². The third-order valence-corrected chi connectivity index (χ3v) is 5.41. The Bertz CT molecular complexity index is 1010.